The fourth-order valence-electron chi connectivity index (χ4n) is 3.35. The molecule has 0 radical (unpaired) electrons. The molecule has 152 valence electrons. The van der Waals surface area contributed by atoms with Gasteiger partial charge in [-0.3, -0.25) is 4.90 Å². The van der Waals surface area contributed by atoms with E-state index >= 15 is 0 Å². The molecule has 1 fully saturated rings. The van der Waals surface area contributed by atoms with Crippen molar-refractivity contribution in [3.63, 3.8) is 0 Å². The Morgan fingerprint density at radius 2 is 1.76 bits per heavy atom. The molecule has 9 heteroatoms. The van der Waals surface area contributed by atoms with Gasteiger partial charge in [-0.25, -0.2) is 0 Å². The normalized spacial score (nSPS) is 15.1. The van der Waals surface area contributed by atoms with Gasteiger partial charge >= 0.3 is 6.61 Å². The van der Waals surface area contributed by atoms with Crippen LogP contribution in [0.2, 0.25) is 0 Å². The summed E-state index contributed by atoms with van der Waals surface area (Å²) >= 11 is 0. The molecule has 2 heterocycles. The average molecular weight is 402 g/mol. The standard InChI is InChI=1S/C20H20F2N4O3/c21-20(22)28-17-8-4-1-5-14(17)19-23-18(29-24-19)13-25-9-11-26(12-10-25)15-6-2-3-7-16(15)27/h1-8,20,27H,9-13H2. The minimum atomic E-state index is -2.93. The number of hydrogen-bond donors (Lipinski definition) is 1. The Hall–Kier alpha value is -3.20. The molecule has 0 atom stereocenters. The number of halogens is 2. The van der Waals surface area contributed by atoms with E-state index in [1.54, 1.807) is 30.3 Å². The van der Waals surface area contributed by atoms with E-state index < -0.39 is 6.61 Å². The van der Waals surface area contributed by atoms with E-state index in [-0.39, 0.29) is 17.3 Å². The number of phenols is 1. The zero-order valence-electron chi connectivity index (χ0n) is 15.5. The first kappa shape index (κ1) is 19.1. The van der Waals surface area contributed by atoms with Crippen LogP contribution in [0.5, 0.6) is 11.5 Å². The van der Waals surface area contributed by atoms with Gasteiger partial charge in [0.05, 0.1) is 17.8 Å². The van der Waals surface area contributed by atoms with E-state index in [9.17, 15) is 13.9 Å². The van der Waals surface area contributed by atoms with Crippen LogP contribution >= 0.6 is 0 Å². The molecule has 29 heavy (non-hydrogen) atoms. The topological polar surface area (TPSA) is 74.9 Å². The maximum absolute atomic E-state index is 12.6. The molecular weight excluding hydrogens is 382 g/mol. The second-order valence-electron chi connectivity index (χ2n) is 6.64. The van der Waals surface area contributed by atoms with E-state index in [1.807, 2.05) is 12.1 Å². The monoisotopic (exact) mass is 402 g/mol. The van der Waals surface area contributed by atoms with Gasteiger partial charge < -0.3 is 19.3 Å². The maximum Gasteiger partial charge on any atom is 0.387 e. The van der Waals surface area contributed by atoms with Crippen LogP contribution in [-0.4, -0.2) is 52.9 Å². The Kier molecular flexibility index (Phi) is 5.57. The SMILES string of the molecule is Oc1ccccc1N1CCN(Cc2nc(-c3ccccc3OC(F)F)no2)CC1. The van der Waals surface area contributed by atoms with E-state index in [0.717, 1.165) is 31.9 Å². The van der Waals surface area contributed by atoms with Crippen molar-refractivity contribution in [1.29, 1.82) is 0 Å². The first-order valence-electron chi connectivity index (χ1n) is 9.22. The fourth-order valence-corrected chi connectivity index (χ4v) is 3.35. The summed E-state index contributed by atoms with van der Waals surface area (Å²) in [4.78, 5) is 8.63. The number of nitrogens with zero attached hydrogens (tertiary/aromatic N) is 4. The number of rotatable bonds is 6. The maximum atomic E-state index is 12.6. The van der Waals surface area contributed by atoms with Gasteiger partial charge in [0.1, 0.15) is 11.5 Å². The molecule has 1 saturated heterocycles. The number of ether oxygens (including phenoxy) is 1. The molecule has 0 amide bonds. The smallest absolute Gasteiger partial charge is 0.387 e. The van der Waals surface area contributed by atoms with E-state index in [2.05, 4.69) is 24.7 Å². The van der Waals surface area contributed by atoms with Crippen LogP contribution in [0.15, 0.2) is 53.1 Å². The predicted molar refractivity (Wildman–Crippen MR) is 102 cm³/mol. The van der Waals surface area contributed by atoms with Gasteiger partial charge in [0.2, 0.25) is 11.7 Å². The van der Waals surface area contributed by atoms with Gasteiger partial charge in [0.15, 0.2) is 0 Å². The van der Waals surface area contributed by atoms with Crippen LogP contribution < -0.4 is 9.64 Å². The van der Waals surface area contributed by atoms with Crippen LogP contribution in [0.1, 0.15) is 5.89 Å². The highest BCUT2D eigenvalue weighted by molar-refractivity contribution is 5.63. The summed E-state index contributed by atoms with van der Waals surface area (Å²) in [7, 11) is 0. The lowest BCUT2D eigenvalue weighted by Crippen LogP contribution is -2.46. The Bertz CT molecular complexity index is 958. The summed E-state index contributed by atoms with van der Waals surface area (Å²) in [5.41, 5.74) is 1.18. The molecular formula is C20H20F2N4O3. The minimum absolute atomic E-state index is 0.00568. The third-order valence-corrected chi connectivity index (χ3v) is 4.77. The lowest BCUT2D eigenvalue weighted by atomic mass is 10.2. The van der Waals surface area contributed by atoms with Crippen LogP contribution in [0.3, 0.4) is 0 Å². The van der Waals surface area contributed by atoms with Gasteiger partial charge in [-0.15, -0.1) is 0 Å². The summed E-state index contributed by atoms with van der Waals surface area (Å²) in [5.74, 6) is 0.894. The van der Waals surface area contributed by atoms with Crippen molar-refractivity contribution in [2.75, 3.05) is 31.1 Å². The van der Waals surface area contributed by atoms with Crippen LogP contribution in [0.4, 0.5) is 14.5 Å². The van der Waals surface area contributed by atoms with Crippen LogP contribution in [-0.2, 0) is 6.54 Å². The summed E-state index contributed by atoms with van der Waals surface area (Å²) in [6.45, 7) is 0.559. The molecule has 0 saturated carbocycles. The second-order valence-corrected chi connectivity index (χ2v) is 6.64. The van der Waals surface area contributed by atoms with Crippen molar-refractivity contribution in [3.05, 3.63) is 54.4 Å². The number of anilines is 1. The van der Waals surface area contributed by atoms with Crippen molar-refractivity contribution in [1.82, 2.24) is 15.0 Å². The van der Waals surface area contributed by atoms with Gasteiger partial charge in [-0.2, -0.15) is 13.8 Å². The number of aromatic hydroxyl groups is 1. The fraction of sp³-hybridized carbons (Fsp3) is 0.300. The lowest BCUT2D eigenvalue weighted by molar-refractivity contribution is -0.0494. The highest BCUT2D eigenvalue weighted by atomic mass is 19.3. The van der Waals surface area contributed by atoms with E-state index in [1.165, 1.54) is 6.07 Å². The first-order chi connectivity index (χ1) is 14.1. The highest BCUT2D eigenvalue weighted by Gasteiger charge is 2.22. The number of para-hydroxylation sites is 3. The molecule has 1 aromatic heterocycles. The molecule has 3 aromatic rings. The molecule has 0 unspecified atom stereocenters. The van der Waals surface area contributed by atoms with Crippen molar-refractivity contribution < 1.29 is 23.1 Å². The summed E-state index contributed by atoms with van der Waals surface area (Å²) in [6, 6.07) is 13.6. The van der Waals surface area contributed by atoms with Crippen molar-refractivity contribution in [2.45, 2.75) is 13.2 Å². The molecule has 0 aliphatic carbocycles. The molecule has 0 spiro atoms. The molecule has 2 aromatic carbocycles. The third kappa shape index (κ3) is 4.45. The summed E-state index contributed by atoms with van der Waals surface area (Å²) < 4.78 is 35.0. The summed E-state index contributed by atoms with van der Waals surface area (Å²) in [6.07, 6.45) is 0. The van der Waals surface area contributed by atoms with Crippen molar-refractivity contribution in [2.24, 2.45) is 0 Å². The molecule has 7 nitrogen and oxygen atoms in total. The van der Waals surface area contributed by atoms with Crippen LogP contribution in [0, 0.1) is 0 Å². The van der Waals surface area contributed by atoms with Crippen molar-refractivity contribution in [3.8, 4) is 22.9 Å². The number of alkyl halides is 2. The lowest BCUT2D eigenvalue weighted by Gasteiger charge is -2.35. The van der Waals surface area contributed by atoms with Gasteiger partial charge in [-0.1, -0.05) is 29.4 Å². The van der Waals surface area contributed by atoms with Crippen molar-refractivity contribution >= 4 is 5.69 Å². The first-order valence-corrected chi connectivity index (χ1v) is 9.22. The van der Waals surface area contributed by atoms with Gasteiger partial charge in [0.25, 0.3) is 0 Å². The predicted octanol–water partition coefficient (Wildman–Crippen LogP) is 3.37. The second kappa shape index (κ2) is 8.44. The average Bonchev–Trinajstić information content (AvgIpc) is 3.17. The zero-order chi connectivity index (χ0) is 20.2. The van der Waals surface area contributed by atoms with E-state index in [4.69, 9.17) is 4.52 Å². The number of phenolic OH excluding ortho intramolecular Hbond substituents is 1. The van der Waals surface area contributed by atoms with Crippen LogP contribution in [0.25, 0.3) is 11.4 Å². The molecule has 1 aliphatic heterocycles. The summed E-state index contributed by atoms with van der Waals surface area (Å²) in [5, 5.41) is 13.9. The minimum Gasteiger partial charge on any atom is -0.506 e. The largest absolute Gasteiger partial charge is 0.506 e. The Labute approximate surface area is 166 Å². The number of benzene rings is 2. The number of piperazine rings is 1. The quantitative estimate of drug-likeness (QED) is 0.678. The molecule has 0 bridgehead atoms. The number of aromatic nitrogens is 2. The third-order valence-electron chi connectivity index (χ3n) is 4.77. The highest BCUT2D eigenvalue weighted by Crippen LogP contribution is 2.30. The molecule has 4 rings (SSSR count). The van der Waals surface area contributed by atoms with E-state index in [0.29, 0.717) is 18.0 Å². The Morgan fingerprint density at radius 1 is 1.03 bits per heavy atom. The Balaban J connectivity index is 1.39. The molecule has 1 aliphatic rings. The molecule has 1 N–H and O–H groups in total. The van der Waals surface area contributed by atoms with Gasteiger partial charge in [-0.05, 0) is 24.3 Å². The Morgan fingerprint density at radius 3 is 2.52 bits per heavy atom. The zero-order valence-corrected chi connectivity index (χ0v) is 15.5. The van der Waals surface area contributed by atoms with Gasteiger partial charge in [0, 0.05) is 26.2 Å². The number of hydrogen-bond acceptors (Lipinski definition) is 7.